The van der Waals surface area contributed by atoms with Crippen LogP contribution >= 0.6 is 0 Å². The van der Waals surface area contributed by atoms with E-state index in [1.54, 1.807) is 43.5 Å². The van der Waals surface area contributed by atoms with E-state index in [-0.39, 0.29) is 35.6 Å². The first-order chi connectivity index (χ1) is 18.8. The van der Waals surface area contributed by atoms with Crippen LogP contribution in [0.15, 0.2) is 36.8 Å². The standard InChI is InChI=1S/C30H45FN6O3/c1-20(2)36-18-25(33-19-36)28(39)35(16-14-22-10-12-23(31)13-11-22)17-24-9-8-15-37(24)29(40)26(30(4,5)6)34-27(38)21(3)32-7/h10-13,18-21,24,26,32H,8-9,14-17H2,1-7H3,(H,34,38). The molecule has 1 saturated heterocycles. The summed E-state index contributed by atoms with van der Waals surface area (Å²) in [6.45, 7) is 12.9. The molecule has 0 bridgehead atoms. The van der Waals surface area contributed by atoms with Gasteiger partial charge in [0, 0.05) is 37.9 Å². The van der Waals surface area contributed by atoms with E-state index < -0.39 is 17.5 Å². The van der Waals surface area contributed by atoms with Gasteiger partial charge in [0.2, 0.25) is 11.8 Å². The zero-order valence-corrected chi connectivity index (χ0v) is 24.9. The minimum absolute atomic E-state index is 0.137. The second-order valence-electron chi connectivity index (χ2n) is 12.1. The summed E-state index contributed by atoms with van der Waals surface area (Å²) in [6.07, 6.45) is 5.52. The molecular formula is C30H45FN6O3. The average molecular weight is 557 g/mol. The van der Waals surface area contributed by atoms with E-state index in [9.17, 15) is 18.8 Å². The predicted octanol–water partition coefficient (Wildman–Crippen LogP) is 3.42. The minimum atomic E-state index is -0.707. The van der Waals surface area contributed by atoms with E-state index in [0.29, 0.717) is 31.7 Å². The van der Waals surface area contributed by atoms with Crippen LogP contribution in [0.4, 0.5) is 4.39 Å². The quantitative estimate of drug-likeness (QED) is 0.442. The molecule has 0 radical (unpaired) electrons. The number of nitrogens with zero attached hydrogens (tertiary/aromatic N) is 4. The van der Waals surface area contributed by atoms with E-state index in [1.807, 2.05) is 44.1 Å². The van der Waals surface area contributed by atoms with Crippen molar-refractivity contribution in [3.63, 3.8) is 0 Å². The number of hydrogen-bond acceptors (Lipinski definition) is 5. The first kappa shape index (κ1) is 31.3. The molecule has 0 spiro atoms. The molecule has 2 aromatic rings. The lowest BCUT2D eigenvalue weighted by atomic mass is 9.85. The Labute approximate surface area is 237 Å². The summed E-state index contributed by atoms with van der Waals surface area (Å²) >= 11 is 0. The van der Waals surface area contributed by atoms with Crippen LogP contribution in [-0.2, 0) is 16.0 Å². The number of carbonyl (C=O) groups excluding carboxylic acids is 3. The number of likely N-dealkylation sites (N-methyl/N-ethyl adjacent to an activating group) is 1. The van der Waals surface area contributed by atoms with Crippen LogP contribution < -0.4 is 10.6 Å². The molecule has 10 heteroatoms. The molecule has 0 saturated carbocycles. The summed E-state index contributed by atoms with van der Waals surface area (Å²) in [6, 6.07) is 5.11. The molecule has 2 heterocycles. The SMILES string of the molecule is CNC(C)C(=O)NC(C(=O)N1CCCC1CN(CCc1ccc(F)cc1)C(=O)c1cn(C(C)C)cn1)C(C)(C)C. The zero-order valence-electron chi connectivity index (χ0n) is 24.9. The predicted molar refractivity (Wildman–Crippen MR) is 153 cm³/mol. The van der Waals surface area contributed by atoms with Crippen molar-refractivity contribution < 1.29 is 18.8 Å². The lowest BCUT2D eigenvalue weighted by molar-refractivity contribution is -0.140. The molecular weight excluding hydrogens is 511 g/mol. The third-order valence-electron chi connectivity index (χ3n) is 7.60. The van der Waals surface area contributed by atoms with Gasteiger partial charge < -0.3 is 25.0 Å². The van der Waals surface area contributed by atoms with Gasteiger partial charge in [0.05, 0.1) is 12.4 Å². The van der Waals surface area contributed by atoms with Gasteiger partial charge in [-0.25, -0.2) is 9.37 Å². The maximum Gasteiger partial charge on any atom is 0.274 e. The summed E-state index contributed by atoms with van der Waals surface area (Å²) in [5.74, 6) is -0.880. The maximum absolute atomic E-state index is 13.9. The number of likely N-dealkylation sites (tertiary alicyclic amines) is 1. The molecule has 2 N–H and O–H groups in total. The van der Waals surface area contributed by atoms with Crippen LogP contribution in [0.25, 0.3) is 0 Å². The van der Waals surface area contributed by atoms with Gasteiger partial charge in [-0.3, -0.25) is 14.4 Å². The third-order valence-corrected chi connectivity index (χ3v) is 7.60. The van der Waals surface area contributed by atoms with Gasteiger partial charge in [0.15, 0.2) is 0 Å². The number of imidazole rings is 1. The summed E-state index contributed by atoms with van der Waals surface area (Å²) in [5, 5.41) is 5.88. The van der Waals surface area contributed by atoms with Gasteiger partial charge in [-0.1, -0.05) is 32.9 Å². The van der Waals surface area contributed by atoms with Crippen molar-refractivity contribution in [2.24, 2.45) is 5.41 Å². The molecule has 1 aromatic carbocycles. The molecule has 0 aliphatic carbocycles. The normalized spacial score (nSPS) is 17.1. The summed E-state index contributed by atoms with van der Waals surface area (Å²) in [4.78, 5) is 48.2. The molecule has 1 aliphatic heterocycles. The van der Waals surface area contributed by atoms with Gasteiger partial charge in [0.1, 0.15) is 17.6 Å². The van der Waals surface area contributed by atoms with E-state index in [1.165, 1.54) is 12.1 Å². The van der Waals surface area contributed by atoms with Crippen LogP contribution in [-0.4, -0.2) is 81.9 Å². The second kappa shape index (κ2) is 13.4. The molecule has 220 valence electrons. The van der Waals surface area contributed by atoms with Crippen LogP contribution in [0, 0.1) is 11.2 Å². The second-order valence-corrected chi connectivity index (χ2v) is 12.1. The van der Waals surface area contributed by atoms with Crippen molar-refractivity contribution in [2.45, 2.75) is 85.0 Å². The van der Waals surface area contributed by atoms with Gasteiger partial charge in [-0.2, -0.15) is 0 Å². The van der Waals surface area contributed by atoms with E-state index in [0.717, 1.165) is 18.4 Å². The number of hydrogen-bond donors (Lipinski definition) is 2. The lowest BCUT2D eigenvalue weighted by Crippen LogP contribution is -2.59. The molecule has 1 aliphatic rings. The fourth-order valence-electron chi connectivity index (χ4n) is 4.87. The van der Waals surface area contributed by atoms with Crippen LogP contribution in [0.3, 0.4) is 0 Å². The molecule has 9 nitrogen and oxygen atoms in total. The number of benzene rings is 1. The Morgan fingerprint density at radius 2 is 1.82 bits per heavy atom. The molecule has 40 heavy (non-hydrogen) atoms. The lowest BCUT2D eigenvalue weighted by Gasteiger charge is -2.37. The molecule has 1 aromatic heterocycles. The molecule has 3 amide bonds. The highest BCUT2D eigenvalue weighted by Crippen LogP contribution is 2.27. The smallest absolute Gasteiger partial charge is 0.274 e. The highest BCUT2D eigenvalue weighted by atomic mass is 19.1. The number of nitrogens with one attached hydrogen (secondary N) is 2. The van der Waals surface area contributed by atoms with E-state index in [4.69, 9.17) is 0 Å². The highest BCUT2D eigenvalue weighted by Gasteiger charge is 2.41. The Morgan fingerprint density at radius 3 is 2.40 bits per heavy atom. The van der Waals surface area contributed by atoms with Crippen LogP contribution in [0.1, 0.15) is 76.5 Å². The number of amides is 3. The van der Waals surface area contributed by atoms with Crippen molar-refractivity contribution in [1.29, 1.82) is 0 Å². The largest absolute Gasteiger partial charge is 0.342 e. The zero-order chi connectivity index (χ0) is 29.6. The Bertz CT molecular complexity index is 1160. The average Bonchev–Trinajstić information content (AvgIpc) is 3.59. The number of aromatic nitrogens is 2. The van der Waals surface area contributed by atoms with Gasteiger partial charge in [0.25, 0.3) is 5.91 Å². The van der Waals surface area contributed by atoms with Crippen molar-refractivity contribution in [2.75, 3.05) is 26.7 Å². The van der Waals surface area contributed by atoms with E-state index >= 15 is 0 Å². The van der Waals surface area contributed by atoms with Gasteiger partial charge >= 0.3 is 0 Å². The first-order valence-electron chi connectivity index (χ1n) is 14.2. The summed E-state index contributed by atoms with van der Waals surface area (Å²) in [7, 11) is 1.70. The molecule has 3 atom stereocenters. The van der Waals surface area contributed by atoms with Gasteiger partial charge in [-0.15, -0.1) is 0 Å². The van der Waals surface area contributed by atoms with Crippen molar-refractivity contribution in [3.8, 4) is 0 Å². The van der Waals surface area contributed by atoms with Crippen LogP contribution in [0.5, 0.6) is 0 Å². The topological polar surface area (TPSA) is 99.6 Å². The number of carbonyl (C=O) groups is 3. The minimum Gasteiger partial charge on any atom is -0.342 e. The highest BCUT2D eigenvalue weighted by molar-refractivity contribution is 5.92. The Morgan fingerprint density at radius 1 is 1.15 bits per heavy atom. The fourth-order valence-corrected chi connectivity index (χ4v) is 4.87. The third kappa shape index (κ3) is 7.90. The van der Waals surface area contributed by atoms with Gasteiger partial charge in [-0.05, 0) is 70.2 Å². The Hall–Kier alpha value is -3.27. The maximum atomic E-state index is 13.9. The van der Waals surface area contributed by atoms with Crippen molar-refractivity contribution in [3.05, 3.63) is 53.9 Å². The first-order valence-corrected chi connectivity index (χ1v) is 14.2. The number of rotatable bonds is 11. The monoisotopic (exact) mass is 556 g/mol. The summed E-state index contributed by atoms with van der Waals surface area (Å²) < 4.78 is 15.3. The summed E-state index contributed by atoms with van der Waals surface area (Å²) in [5.41, 5.74) is 0.764. The van der Waals surface area contributed by atoms with E-state index in [2.05, 4.69) is 15.6 Å². The van der Waals surface area contributed by atoms with Crippen molar-refractivity contribution in [1.82, 2.24) is 30.0 Å². The van der Waals surface area contributed by atoms with Crippen LogP contribution in [0.2, 0.25) is 0 Å². The number of halogens is 1. The fraction of sp³-hybridized carbons (Fsp3) is 0.600. The molecule has 3 rings (SSSR count). The molecule has 3 unspecified atom stereocenters. The molecule has 1 fully saturated rings. The van der Waals surface area contributed by atoms with Crippen molar-refractivity contribution >= 4 is 17.7 Å². The Balaban J connectivity index is 1.83. The Kier molecular flexibility index (Phi) is 10.5.